The molecule has 2 aliphatic rings. The fourth-order valence-corrected chi connectivity index (χ4v) is 5.49. The number of benzene rings is 1. The Hall–Kier alpha value is -2.47. The topological polar surface area (TPSA) is 58.1 Å². The summed E-state index contributed by atoms with van der Waals surface area (Å²) in [6.07, 6.45) is 8.21. The molecule has 0 saturated carbocycles. The van der Waals surface area contributed by atoms with E-state index in [1.54, 1.807) is 6.33 Å². The molecule has 2 aromatic heterocycles. The van der Waals surface area contributed by atoms with Crippen LogP contribution >= 0.6 is 11.3 Å². The molecule has 6 heteroatoms. The molecule has 5 nitrogen and oxygen atoms in total. The number of thiophene rings is 1. The molecule has 0 spiro atoms. The van der Waals surface area contributed by atoms with Crippen molar-refractivity contribution in [1.82, 2.24) is 14.9 Å². The van der Waals surface area contributed by atoms with Gasteiger partial charge < -0.3 is 10.2 Å². The molecule has 1 aliphatic carbocycles. The molecule has 3 heterocycles. The Morgan fingerprint density at radius 2 is 1.82 bits per heavy atom. The van der Waals surface area contributed by atoms with Crippen LogP contribution in [0.1, 0.15) is 47.3 Å². The first kappa shape index (κ1) is 17.6. The van der Waals surface area contributed by atoms with Crippen LogP contribution in [0.15, 0.2) is 30.6 Å². The maximum absolute atomic E-state index is 11.8. The molecule has 1 fully saturated rings. The summed E-state index contributed by atoms with van der Waals surface area (Å²) in [5.74, 6) is 1.23. The van der Waals surface area contributed by atoms with Crippen molar-refractivity contribution >= 4 is 33.3 Å². The molecule has 0 atom stereocenters. The van der Waals surface area contributed by atoms with Gasteiger partial charge in [0.1, 0.15) is 17.0 Å². The van der Waals surface area contributed by atoms with Crippen molar-refractivity contribution < 1.29 is 4.79 Å². The number of amides is 1. The first-order valence-electron chi connectivity index (χ1n) is 10.1. The van der Waals surface area contributed by atoms with Crippen molar-refractivity contribution in [3.8, 4) is 0 Å². The number of carbonyl (C=O) groups excluding carboxylic acids is 1. The smallest absolute Gasteiger partial charge is 0.222 e. The lowest BCUT2D eigenvalue weighted by atomic mass is 9.97. The number of nitrogens with one attached hydrogen (secondary N) is 1. The van der Waals surface area contributed by atoms with Gasteiger partial charge in [-0.25, -0.2) is 9.97 Å². The van der Waals surface area contributed by atoms with Crippen LogP contribution in [-0.2, 0) is 30.7 Å². The quantitative estimate of drug-likeness (QED) is 0.703. The fourth-order valence-electron chi connectivity index (χ4n) is 4.26. The van der Waals surface area contributed by atoms with Crippen LogP contribution in [0.5, 0.6) is 0 Å². The minimum absolute atomic E-state index is 0.276. The fraction of sp³-hybridized carbons (Fsp3) is 0.409. The van der Waals surface area contributed by atoms with Gasteiger partial charge in [-0.2, -0.15) is 0 Å². The molecule has 1 amide bonds. The summed E-state index contributed by atoms with van der Waals surface area (Å²) in [4.78, 5) is 25.4. The lowest BCUT2D eigenvalue weighted by molar-refractivity contribution is -0.128. The van der Waals surface area contributed by atoms with Gasteiger partial charge in [-0.3, -0.25) is 4.79 Å². The van der Waals surface area contributed by atoms with Gasteiger partial charge in [0.25, 0.3) is 0 Å². The molecule has 1 aromatic carbocycles. The van der Waals surface area contributed by atoms with Gasteiger partial charge in [0.05, 0.1) is 5.39 Å². The van der Waals surface area contributed by atoms with Gasteiger partial charge in [0.15, 0.2) is 0 Å². The Balaban J connectivity index is 1.30. The van der Waals surface area contributed by atoms with Crippen molar-refractivity contribution in [2.45, 2.75) is 51.6 Å². The van der Waals surface area contributed by atoms with Gasteiger partial charge in [-0.15, -0.1) is 11.3 Å². The molecule has 1 saturated heterocycles. The summed E-state index contributed by atoms with van der Waals surface area (Å²) in [5.41, 5.74) is 3.86. The number of aromatic nitrogens is 2. The van der Waals surface area contributed by atoms with Crippen LogP contribution in [-0.4, -0.2) is 27.3 Å². The van der Waals surface area contributed by atoms with Gasteiger partial charge in [-0.1, -0.05) is 24.3 Å². The van der Waals surface area contributed by atoms with Gasteiger partial charge in [0.2, 0.25) is 5.91 Å². The second kappa shape index (κ2) is 7.51. The second-order valence-corrected chi connectivity index (χ2v) is 8.79. The first-order chi connectivity index (χ1) is 13.8. The summed E-state index contributed by atoms with van der Waals surface area (Å²) in [6, 6.07) is 8.55. The maximum Gasteiger partial charge on any atom is 0.222 e. The van der Waals surface area contributed by atoms with Crippen LogP contribution < -0.4 is 5.32 Å². The SMILES string of the molecule is O=C1CCCN1Cc1ccc(CNc2ncnc3sc4c(c23)CCCC4)cc1. The summed E-state index contributed by atoms with van der Waals surface area (Å²) in [5, 5.41) is 4.76. The lowest BCUT2D eigenvalue weighted by Crippen LogP contribution is -2.23. The molecule has 0 bridgehead atoms. The number of anilines is 1. The Bertz CT molecular complexity index is 1010. The van der Waals surface area contributed by atoms with E-state index in [4.69, 9.17) is 0 Å². The number of fused-ring (bicyclic) bond motifs is 3. The summed E-state index contributed by atoms with van der Waals surface area (Å²) in [7, 11) is 0. The van der Waals surface area contributed by atoms with Crippen molar-refractivity contribution in [3.05, 3.63) is 52.2 Å². The average Bonchev–Trinajstić information content (AvgIpc) is 3.31. The molecular formula is C22H24N4OS. The van der Waals surface area contributed by atoms with E-state index in [9.17, 15) is 4.79 Å². The number of hydrogen-bond donors (Lipinski definition) is 1. The standard InChI is InChI=1S/C22H24N4OS/c27-19-6-3-11-26(19)13-16-9-7-15(8-10-16)12-23-21-20-17-4-1-2-5-18(17)28-22(20)25-14-24-21/h7-10,14H,1-6,11-13H2,(H,23,24,25). The minimum Gasteiger partial charge on any atom is -0.365 e. The van der Waals surface area contributed by atoms with Crippen LogP contribution in [0.25, 0.3) is 10.2 Å². The van der Waals surface area contributed by atoms with Gasteiger partial charge in [0, 0.05) is 30.9 Å². The van der Waals surface area contributed by atoms with Crippen molar-refractivity contribution in [2.24, 2.45) is 0 Å². The van der Waals surface area contributed by atoms with Crippen LogP contribution in [0.3, 0.4) is 0 Å². The highest BCUT2D eigenvalue weighted by molar-refractivity contribution is 7.19. The lowest BCUT2D eigenvalue weighted by Gasteiger charge is -2.16. The molecule has 5 rings (SSSR count). The van der Waals surface area contributed by atoms with E-state index in [-0.39, 0.29) is 5.91 Å². The van der Waals surface area contributed by atoms with E-state index in [2.05, 4.69) is 39.6 Å². The van der Waals surface area contributed by atoms with E-state index in [1.165, 1.54) is 46.2 Å². The summed E-state index contributed by atoms with van der Waals surface area (Å²) >= 11 is 1.83. The Labute approximate surface area is 168 Å². The number of rotatable bonds is 5. The Kier molecular flexibility index (Phi) is 4.72. The Morgan fingerprint density at radius 3 is 2.64 bits per heavy atom. The van der Waals surface area contributed by atoms with E-state index < -0.39 is 0 Å². The Morgan fingerprint density at radius 1 is 1.00 bits per heavy atom. The zero-order chi connectivity index (χ0) is 18.9. The number of nitrogens with zero attached hydrogens (tertiary/aromatic N) is 3. The normalized spacial score (nSPS) is 16.6. The predicted molar refractivity (Wildman–Crippen MR) is 112 cm³/mol. The molecule has 3 aromatic rings. The zero-order valence-electron chi connectivity index (χ0n) is 15.9. The monoisotopic (exact) mass is 392 g/mol. The van der Waals surface area contributed by atoms with E-state index in [0.29, 0.717) is 6.42 Å². The molecule has 1 N–H and O–H groups in total. The second-order valence-electron chi connectivity index (χ2n) is 7.70. The molecule has 28 heavy (non-hydrogen) atoms. The van der Waals surface area contributed by atoms with E-state index >= 15 is 0 Å². The van der Waals surface area contributed by atoms with E-state index in [1.807, 2.05) is 16.2 Å². The van der Waals surface area contributed by atoms with Gasteiger partial charge in [-0.05, 0) is 48.8 Å². The summed E-state index contributed by atoms with van der Waals surface area (Å²) in [6.45, 7) is 2.34. The highest BCUT2D eigenvalue weighted by Gasteiger charge is 2.21. The van der Waals surface area contributed by atoms with Crippen LogP contribution in [0.4, 0.5) is 5.82 Å². The van der Waals surface area contributed by atoms with Gasteiger partial charge >= 0.3 is 0 Å². The third-order valence-electron chi connectivity index (χ3n) is 5.78. The molecule has 0 unspecified atom stereocenters. The average molecular weight is 393 g/mol. The van der Waals surface area contributed by atoms with Crippen molar-refractivity contribution in [1.29, 1.82) is 0 Å². The third-order valence-corrected chi connectivity index (χ3v) is 6.98. The number of aryl methyl sites for hydroxylation is 2. The molecule has 0 radical (unpaired) electrons. The summed E-state index contributed by atoms with van der Waals surface area (Å²) < 4.78 is 0. The third kappa shape index (κ3) is 3.37. The highest BCUT2D eigenvalue weighted by Crippen LogP contribution is 2.38. The van der Waals surface area contributed by atoms with Crippen LogP contribution in [0.2, 0.25) is 0 Å². The number of carbonyl (C=O) groups is 1. The number of likely N-dealkylation sites (tertiary alicyclic amines) is 1. The van der Waals surface area contributed by atoms with Crippen molar-refractivity contribution in [3.63, 3.8) is 0 Å². The minimum atomic E-state index is 0.276. The molecular weight excluding hydrogens is 368 g/mol. The van der Waals surface area contributed by atoms with E-state index in [0.717, 1.165) is 43.1 Å². The van der Waals surface area contributed by atoms with Crippen LogP contribution in [0, 0.1) is 0 Å². The zero-order valence-corrected chi connectivity index (χ0v) is 16.7. The maximum atomic E-state index is 11.8. The largest absolute Gasteiger partial charge is 0.365 e. The predicted octanol–water partition coefficient (Wildman–Crippen LogP) is 4.30. The molecule has 144 valence electrons. The highest BCUT2D eigenvalue weighted by atomic mass is 32.1. The molecule has 1 aliphatic heterocycles. The first-order valence-corrected chi connectivity index (χ1v) is 10.9. The van der Waals surface area contributed by atoms with Crippen molar-refractivity contribution in [2.75, 3.05) is 11.9 Å². The number of hydrogen-bond acceptors (Lipinski definition) is 5.